The van der Waals surface area contributed by atoms with Crippen molar-refractivity contribution in [2.75, 3.05) is 6.54 Å². The van der Waals surface area contributed by atoms with Crippen LogP contribution < -0.4 is 5.32 Å². The van der Waals surface area contributed by atoms with E-state index in [0.29, 0.717) is 6.04 Å². The molecule has 94 valence electrons. The summed E-state index contributed by atoms with van der Waals surface area (Å²) in [6.07, 6.45) is 4.68. The molecule has 0 aliphatic carbocycles. The van der Waals surface area contributed by atoms with E-state index in [4.69, 9.17) is 0 Å². The summed E-state index contributed by atoms with van der Waals surface area (Å²) in [5.41, 5.74) is 2.61. The monoisotopic (exact) mass is 304 g/mol. The summed E-state index contributed by atoms with van der Waals surface area (Å²) in [6, 6.07) is 13.0. The second kappa shape index (κ2) is 6.66. The zero-order valence-electron chi connectivity index (χ0n) is 10.4. The molecule has 1 N–H and O–H groups in total. The number of halogens is 1. The van der Waals surface area contributed by atoms with Crippen LogP contribution in [0.5, 0.6) is 0 Å². The molecular formula is C15H17BrN2. The second-order valence-corrected chi connectivity index (χ2v) is 5.14. The van der Waals surface area contributed by atoms with E-state index >= 15 is 0 Å². The van der Waals surface area contributed by atoms with Crippen LogP contribution in [0.4, 0.5) is 0 Å². The van der Waals surface area contributed by atoms with Crippen molar-refractivity contribution in [3.63, 3.8) is 0 Å². The smallest absolute Gasteiger partial charge is 0.0361 e. The molecule has 18 heavy (non-hydrogen) atoms. The van der Waals surface area contributed by atoms with Gasteiger partial charge in [-0.2, -0.15) is 0 Å². The second-order valence-electron chi connectivity index (χ2n) is 4.22. The van der Waals surface area contributed by atoms with E-state index in [-0.39, 0.29) is 0 Å². The van der Waals surface area contributed by atoms with E-state index in [2.05, 4.69) is 69.6 Å². The summed E-state index contributed by atoms with van der Waals surface area (Å²) >= 11 is 3.52. The molecule has 2 aromatic rings. The number of aromatic nitrogens is 1. The number of nitrogens with zero attached hydrogens (tertiary/aromatic N) is 1. The first-order valence-electron chi connectivity index (χ1n) is 6.17. The van der Waals surface area contributed by atoms with Crippen LogP contribution in [0.3, 0.4) is 0 Å². The normalized spacial score (nSPS) is 12.3. The average Bonchev–Trinajstić information content (AvgIpc) is 2.39. The zero-order chi connectivity index (χ0) is 12.8. The van der Waals surface area contributed by atoms with Gasteiger partial charge in [0.15, 0.2) is 0 Å². The van der Waals surface area contributed by atoms with Gasteiger partial charge in [-0.1, -0.05) is 35.0 Å². The van der Waals surface area contributed by atoms with Gasteiger partial charge in [0.1, 0.15) is 0 Å². The fraction of sp³-hybridized carbons (Fsp3) is 0.267. The molecule has 0 aliphatic heterocycles. The van der Waals surface area contributed by atoms with Gasteiger partial charge in [-0.25, -0.2) is 0 Å². The number of nitrogens with one attached hydrogen (secondary N) is 1. The SMILES string of the molecule is CCNC(Cc1cccc(Br)c1)c1ccncc1. The van der Waals surface area contributed by atoms with Crippen molar-refractivity contribution in [3.05, 3.63) is 64.4 Å². The van der Waals surface area contributed by atoms with Crippen molar-refractivity contribution >= 4 is 15.9 Å². The molecule has 1 aromatic carbocycles. The minimum atomic E-state index is 0.340. The summed E-state index contributed by atoms with van der Waals surface area (Å²) in [4.78, 5) is 4.07. The van der Waals surface area contributed by atoms with E-state index < -0.39 is 0 Å². The molecular weight excluding hydrogens is 288 g/mol. The lowest BCUT2D eigenvalue weighted by molar-refractivity contribution is 0.549. The molecule has 0 saturated heterocycles. The van der Waals surface area contributed by atoms with Crippen molar-refractivity contribution in [1.29, 1.82) is 0 Å². The minimum Gasteiger partial charge on any atom is -0.310 e. The molecule has 0 amide bonds. The lowest BCUT2D eigenvalue weighted by Gasteiger charge is -2.18. The highest BCUT2D eigenvalue weighted by molar-refractivity contribution is 9.10. The van der Waals surface area contributed by atoms with E-state index in [1.807, 2.05) is 12.4 Å². The first-order valence-corrected chi connectivity index (χ1v) is 6.96. The Hall–Kier alpha value is -1.19. The van der Waals surface area contributed by atoms with Crippen LogP contribution in [0.15, 0.2) is 53.3 Å². The molecule has 0 saturated carbocycles. The topological polar surface area (TPSA) is 24.9 Å². The zero-order valence-corrected chi connectivity index (χ0v) is 12.0. The van der Waals surface area contributed by atoms with Crippen LogP contribution in [0.1, 0.15) is 24.1 Å². The van der Waals surface area contributed by atoms with Crippen LogP contribution in [0.25, 0.3) is 0 Å². The maximum absolute atomic E-state index is 4.07. The molecule has 0 spiro atoms. The average molecular weight is 305 g/mol. The van der Waals surface area contributed by atoms with Gasteiger partial charge in [0, 0.05) is 22.9 Å². The number of likely N-dealkylation sites (N-methyl/N-ethyl adjacent to an activating group) is 1. The predicted octanol–water partition coefficient (Wildman–Crippen LogP) is 3.74. The quantitative estimate of drug-likeness (QED) is 0.910. The van der Waals surface area contributed by atoms with Gasteiger partial charge in [-0.05, 0) is 48.4 Å². The summed E-state index contributed by atoms with van der Waals surface area (Å²) in [5.74, 6) is 0. The first kappa shape index (κ1) is 13.2. The highest BCUT2D eigenvalue weighted by Gasteiger charge is 2.10. The number of rotatable bonds is 5. The van der Waals surface area contributed by atoms with Crippen molar-refractivity contribution in [2.45, 2.75) is 19.4 Å². The van der Waals surface area contributed by atoms with Gasteiger partial charge < -0.3 is 5.32 Å². The Balaban J connectivity index is 2.16. The largest absolute Gasteiger partial charge is 0.310 e. The van der Waals surface area contributed by atoms with Gasteiger partial charge in [0.05, 0.1) is 0 Å². The van der Waals surface area contributed by atoms with Crippen molar-refractivity contribution in [3.8, 4) is 0 Å². The Morgan fingerprint density at radius 2 is 2.00 bits per heavy atom. The number of benzene rings is 1. The maximum Gasteiger partial charge on any atom is 0.0361 e. The number of pyridine rings is 1. The number of hydrogen-bond donors (Lipinski definition) is 1. The van der Waals surface area contributed by atoms with Gasteiger partial charge in [-0.3, -0.25) is 4.98 Å². The molecule has 1 heterocycles. The van der Waals surface area contributed by atoms with E-state index in [1.54, 1.807) is 0 Å². The predicted molar refractivity (Wildman–Crippen MR) is 78.5 cm³/mol. The highest BCUT2D eigenvalue weighted by atomic mass is 79.9. The Bertz CT molecular complexity index is 485. The van der Waals surface area contributed by atoms with Crippen molar-refractivity contribution < 1.29 is 0 Å². The molecule has 1 unspecified atom stereocenters. The van der Waals surface area contributed by atoms with Crippen LogP contribution in [-0.2, 0) is 6.42 Å². The molecule has 0 aliphatic rings. The fourth-order valence-corrected chi connectivity index (χ4v) is 2.50. The lowest BCUT2D eigenvalue weighted by Crippen LogP contribution is -2.22. The third kappa shape index (κ3) is 3.65. The van der Waals surface area contributed by atoms with Gasteiger partial charge >= 0.3 is 0 Å². The Morgan fingerprint density at radius 3 is 2.67 bits per heavy atom. The first-order chi connectivity index (χ1) is 8.79. The number of hydrogen-bond acceptors (Lipinski definition) is 2. The summed E-state index contributed by atoms with van der Waals surface area (Å²) in [6.45, 7) is 3.09. The maximum atomic E-state index is 4.07. The third-order valence-electron chi connectivity index (χ3n) is 2.89. The summed E-state index contributed by atoms with van der Waals surface area (Å²) in [5, 5.41) is 3.52. The van der Waals surface area contributed by atoms with Crippen molar-refractivity contribution in [2.24, 2.45) is 0 Å². The van der Waals surface area contributed by atoms with Gasteiger partial charge in [0.25, 0.3) is 0 Å². The molecule has 2 nitrogen and oxygen atoms in total. The molecule has 1 atom stereocenters. The molecule has 0 fully saturated rings. The van der Waals surface area contributed by atoms with Crippen LogP contribution >= 0.6 is 15.9 Å². The minimum absolute atomic E-state index is 0.340. The Kier molecular flexibility index (Phi) is 4.90. The Morgan fingerprint density at radius 1 is 1.22 bits per heavy atom. The van der Waals surface area contributed by atoms with E-state index in [1.165, 1.54) is 11.1 Å². The summed E-state index contributed by atoms with van der Waals surface area (Å²) in [7, 11) is 0. The van der Waals surface area contributed by atoms with Crippen LogP contribution in [-0.4, -0.2) is 11.5 Å². The lowest BCUT2D eigenvalue weighted by atomic mass is 10.00. The van der Waals surface area contributed by atoms with E-state index in [9.17, 15) is 0 Å². The third-order valence-corrected chi connectivity index (χ3v) is 3.38. The van der Waals surface area contributed by atoms with Crippen LogP contribution in [0.2, 0.25) is 0 Å². The highest BCUT2D eigenvalue weighted by Crippen LogP contribution is 2.20. The Labute approximate surface area is 117 Å². The fourth-order valence-electron chi connectivity index (χ4n) is 2.05. The van der Waals surface area contributed by atoms with Crippen LogP contribution in [0, 0.1) is 0 Å². The van der Waals surface area contributed by atoms with Gasteiger partial charge in [-0.15, -0.1) is 0 Å². The molecule has 0 bridgehead atoms. The standard InChI is InChI=1S/C15H17BrN2/c1-2-18-15(13-6-8-17-9-7-13)11-12-4-3-5-14(16)10-12/h3-10,15,18H,2,11H2,1H3. The molecule has 2 rings (SSSR count). The molecule has 3 heteroatoms. The summed E-state index contributed by atoms with van der Waals surface area (Å²) < 4.78 is 1.13. The molecule has 0 radical (unpaired) electrons. The van der Waals surface area contributed by atoms with Crippen molar-refractivity contribution in [1.82, 2.24) is 10.3 Å². The van der Waals surface area contributed by atoms with E-state index in [0.717, 1.165) is 17.4 Å². The van der Waals surface area contributed by atoms with Gasteiger partial charge in [0.2, 0.25) is 0 Å². The molecule has 1 aromatic heterocycles.